The summed E-state index contributed by atoms with van der Waals surface area (Å²) in [6.07, 6.45) is 20.1. The molecule has 8 aliphatic rings. The van der Waals surface area contributed by atoms with E-state index in [0.717, 1.165) is 70.6 Å². The minimum atomic E-state index is -0.236. The third kappa shape index (κ3) is 8.24. The van der Waals surface area contributed by atoms with Crippen molar-refractivity contribution in [1.82, 2.24) is 0 Å². The van der Waals surface area contributed by atoms with E-state index in [4.69, 9.17) is 0 Å². The number of rotatable bonds is 10. The average molecular weight is 835 g/mol. The van der Waals surface area contributed by atoms with E-state index in [0.29, 0.717) is 111 Å². The van der Waals surface area contributed by atoms with E-state index < -0.39 is 0 Å². The van der Waals surface area contributed by atoms with Crippen LogP contribution in [0.2, 0.25) is 0 Å². The summed E-state index contributed by atoms with van der Waals surface area (Å²) in [7, 11) is 0. The Balaban J connectivity index is 0.000000181. The zero-order chi connectivity index (χ0) is 43.7. The third-order valence-electron chi connectivity index (χ3n) is 21.7. The second kappa shape index (κ2) is 17.7. The molecule has 8 saturated carbocycles. The van der Waals surface area contributed by atoms with Crippen LogP contribution in [0, 0.1) is 105 Å². The molecule has 8 fully saturated rings. The fourth-order valence-electron chi connectivity index (χ4n) is 17.9. The highest BCUT2D eigenvalue weighted by Gasteiger charge is 2.64. The molecule has 8 rings (SSSR count). The van der Waals surface area contributed by atoms with Crippen molar-refractivity contribution in [3.63, 3.8) is 0 Å². The Kier molecular flexibility index (Phi) is 13.8. The van der Waals surface area contributed by atoms with Crippen molar-refractivity contribution in [1.29, 1.82) is 0 Å². The quantitative estimate of drug-likeness (QED) is 0.202. The lowest BCUT2D eigenvalue weighted by molar-refractivity contribution is -0.174. The summed E-state index contributed by atoms with van der Waals surface area (Å²) < 4.78 is 0. The zero-order valence-corrected chi connectivity index (χ0v) is 40.0. The van der Waals surface area contributed by atoms with Gasteiger partial charge in [-0.2, -0.15) is 0 Å². The summed E-state index contributed by atoms with van der Waals surface area (Å²) in [5.41, 5.74) is 1.17. The fraction of sp³-hybridized carbons (Fsp3) is 0.944. The molecule has 0 heterocycles. The molecule has 19 atom stereocenters. The monoisotopic (exact) mass is 835 g/mol. The highest BCUT2D eigenvalue weighted by Crippen LogP contribution is 2.70. The number of ketones is 3. The summed E-state index contributed by atoms with van der Waals surface area (Å²) in [5, 5.41) is 32.9. The van der Waals surface area contributed by atoms with Crippen molar-refractivity contribution in [3.05, 3.63) is 0 Å². The Labute approximate surface area is 366 Å². The van der Waals surface area contributed by atoms with Crippen LogP contribution in [0.15, 0.2) is 0 Å². The molecule has 0 aromatic heterocycles. The Hall–Kier alpha value is -1.11. The number of aliphatic hydroxyl groups excluding tert-OH is 3. The van der Waals surface area contributed by atoms with Crippen LogP contribution in [-0.2, 0) is 14.4 Å². The molecule has 6 nitrogen and oxygen atoms in total. The number of aliphatic hydroxyl groups is 3. The first kappa shape index (κ1) is 46.9. The van der Waals surface area contributed by atoms with Crippen LogP contribution >= 0.6 is 0 Å². The molecule has 0 spiro atoms. The van der Waals surface area contributed by atoms with E-state index in [-0.39, 0.29) is 35.6 Å². The molecular weight excluding hydrogens is 745 g/mol. The van der Waals surface area contributed by atoms with Crippen molar-refractivity contribution in [2.45, 2.75) is 216 Å². The lowest BCUT2D eigenvalue weighted by Gasteiger charge is -2.62. The Bertz CT molecular complexity index is 1550. The average Bonchev–Trinajstić information content (AvgIpc) is 3.74. The molecule has 0 radical (unpaired) electrons. The first-order valence-electron chi connectivity index (χ1n) is 25.8. The number of fused-ring (bicyclic) bond motifs is 10. The van der Waals surface area contributed by atoms with Gasteiger partial charge in [-0.05, 0) is 195 Å². The van der Waals surface area contributed by atoms with Gasteiger partial charge in [0.1, 0.15) is 17.3 Å². The first-order valence-corrected chi connectivity index (χ1v) is 25.8. The van der Waals surface area contributed by atoms with E-state index in [9.17, 15) is 29.7 Å². The molecule has 60 heavy (non-hydrogen) atoms. The van der Waals surface area contributed by atoms with Crippen LogP contribution in [0.1, 0.15) is 198 Å². The summed E-state index contributed by atoms with van der Waals surface area (Å²) in [6.45, 7) is 22.8. The molecule has 0 aliphatic heterocycles. The van der Waals surface area contributed by atoms with Crippen molar-refractivity contribution >= 4 is 17.3 Å². The number of hydrogen-bond donors (Lipinski definition) is 3. The number of hydrogen-bond acceptors (Lipinski definition) is 6. The maximum atomic E-state index is 12.2. The van der Waals surface area contributed by atoms with Gasteiger partial charge >= 0.3 is 0 Å². The molecule has 0 saturated heterocycles. The van der Waals surface area contributed by atoms with Gasteiger partial charge in [0.2, 0.25) is 0 Å². The second-order valence-electron chi connectivity index (χ2n) is 25.0. The topological polar surface area (TPSA) is 112 Å². The van der Waals surface area contributed by atoms with Crippen LogP contribution in [-0.4, -0.2) is 51.0 Å². The Morgan fingerprint density at radius 2 is 0.967 bits per heavy atom. The fourth-order valence-corrected chi connectivity index (χ4v) is 17.9. The lowest BCUT2D eigenvalue weighted by atomic mass is 9.43. The van der Waals surface area contributed by atoms with Gasteiger partial charge < -0.3 is 15.3 Å². The number of carbonyl (C=O) groups excluding carboxylic acids is 3. The van der Waals surface area contributed by atoms with Crippen molar-refractivity contribution < 1.29 is 29.7 Å². The van der Waals surface area contributed by atoms with Gasteiger partial charge in [0, 0.05) is 37.5 Å². The standard InChI is InChI=1S/C27H46O3.C27H44O3/c2*1-16(2)23(29)9-6-17(3)20-7-8-21-25-22(11-13-27(20,21)5)26(4)12-10-19(28)14-18(26)15-24(25)30/h16-22,24-25,28,30H,6-15H2,1-5H3;16-18,20-22,24-25,30H,6-15H2,1-5H3/t17-,18+,19?,20-,21+,22+,24?,25+,26+,27-;17-,18+,20-,21+,22+,24?,25+,26+,27-/m11/s1. The molecule has 0 aromatic carbocycles. The van der Waals surface area contributed by atoms with Gasteiger partial charge in [-0.25, -0.2) is 0 Å². The highest BCUT2D eigenvalue weighted by molar-refractivity contribution is 5.80. The van der Waals surface area contributed by atoms with Gasteiger partial charge in [-0.3, -0.25) is 14.4 Å². The minimum absolute atomic E-state index is 0.146. The van der Waals surface area contributed by atoms with Crippen LogP contribution in [0.3, 0.4) is 0 Å². The maximum Gasteiger partial charge on any atom is 0.135 e. The van der Waals surface area contributed by atoms with E-state index in [2.05, 4.69) is 41.5 Å². The molecule has 0 amide bonds. The number of carbonyl (C=O) groups is 3. The van der Waals surface area contributed by atoms with Gasteiger partial charge in [-0.15, -0.1) is 0 Å². The Morgan fingerprint density at radius 3 is 1.43 bits per heavy atom. The van der Waals surface area contributed by atoms with E-state index >= 15 is 0 Å². The summed E-state index contributed by atoms with van der Waals surface area (Å²) in [4.78, 5) is 36.5. The smallest absolute Gasteiger partial charge is 0.135 e. The number of Topliss-reactive ketones (excluding diaryl/α,β-unsaturated/α-hetero) is 3. The van der Waals surface area contributed by atoms with Crippen LogP contribution in [0.4, 0.5) is 0 Å². The van der Waals surface area contributed by atoms with Crippen molar-refractivity contribution in [2.24, 2.45) is 105 Å². The SMILES string of the molecule is CC(C)C(=O)CC[C@@H](C)[C@H]1CC[C@H]2[C@@H]3C(O)C[C@@H]4CC(=O)CC[C@]4(C)[C@H]3CC[C@]12C.CC(C)C(=O)CC[C@@H](C)[C@H]1CC[C@H]2[C@@H]3C(O)C[C@@H]4CC(O)CC[C@]4(C)[C@H]3CC[C@]12C. The van der Waals surface area contributed by atoms with Gasteiger partial charge in [0.15, 0.2) is 0 Å². The molecule has 0 bridgehead atoms. The molecule has 3 N–H and O–H groups in total. The predicted molar refractivity (Wildman–Crippen MR) is 241 cm³/mol. The molecule has 342 valence electrons. The van der Waals surface area contributed by atoms with Gasteiger partial charge in [0.25, 0.3) is 0 Å². The summed E-state index contributed by atoms with van der Waals surface area (Å²) in [5.74, 6) is 8.21. The molecule has 6 heteroatoms. The zero-order valence-electron chi connectivity index (χ0n) is 40.0. The summed E-state index contributed by atoms with van der Waals surface area (Å²) >= 11 is 0. The first-order chi connectivity index (χ1) is 28.2. The van der Waals surface area contributed by atoms with Crippen LogP contribution in [0.5, 0.6) is 0 Å². The van der Waals surface area contributed by atoms with E-state index in [1.807, 2.05) is 27.7 Å². The highest BCUT2D eigenvalue weighted by atomic mass is 16.3. The molecular formula is C54H90O6. The predicted octanol–water partition coefficient (Wildman–Crippen LogP) is 11.4. The molecule has 8 aliphatic carbocycles. The van der Waals surface area contributed by atoms with Crippen molar-refractivity contribution in [3.8, 4) is 0 Å². The minimum Gasteiger partial charge on any atom is -0.393 e. The maximum absolute atomic E-state index is 12.2. The summed E-state index contributed by atoms with van der Waals surface area (Å²) in [6, 6.07) is 0. The molecule has 0 aromatic rings. The Morgan fingerprint density at radius 1 is 0.550 bits per heavy atom. The van der Waals surface area contributed by atoms with E-state index in [1.165, 1.54) is 51.4 Å². The normalized spacial score (nSPS) is 48.0. The second-order valence-corrected chi connectivity index (χ2v) is 25.0. The van der Waals surface area contributed by atoms with Crippen molar-refractivity contribution in [2.75, 3.05) is 0 Å². The van der Waals surface area contributed by atoms with Crippen LogP contribution in [0.25, 0.3) is 0 Å². The molecule has 3 unspecified atom stereocenters. The largest absolute Gasteiger partial charge is 0.393 e. The van der Waals surface area contributed by atoms with E-state index in [1.54, 1.807) is 0 Å². The third-order valence-corrected chi connectivity index (χ3v) is 21.7. The van der Waals surface area contributed by atoms with Gasteiger partial charge in [-0.1, -0.05) is 69.2 Å². The van der Waals surface area contributed by atoms with Gasteiger partial charge in [0.05, 0.1) is 18.3 Å². The van der Waals surface area contributed by atoms with Crippen LogP contribution < -0.4 is 0 Å². The lowest BCUT2D eigenvalue weighted by Crippen LogP contribution is -2.58.